The highest BCUT2D eigenvalue weighted by atomic mass is 19.1. The highest BCUT2D eigenvalue weighted by Crippen LogP contribution is 2.17. The van der Waals surface area contributed by atoms with Gasteiger partial charge in [0.1, 0.15) is 11.6 Å². The van der Waals surface area contributed by atoms with Crippen LogP contribution in [0, 0.1) is 5.82 Å². The van der Waals surface area contributed by atoms with Gasteiger partial charge in [0.15, 0.2) is 0 Å². The van der Waals surface area contributed by atoms with Crippen LogP contribution in [-0.2, 0) is 6.54 Å². The molecule has 1 N–H and O–H groups in total. The van der Waals surface area contributed by atoms with E-state index < -0.39 is 0 Å². The summed E-state index contributed by atoms with van der Waals surface area (Å²) in [5.41, 5.74) is 0.912. The Morgan fingerprint density at radius 3 is 2.76 bits per heavy atom. The van der Waals surface area contributed by atoms with Crippen LogP contribution in [-0.4, -0.2) is 24.6 Å². The minimum Gasteiger partial charge on any atom is -0.359 e. The first-order valence-corrected chi connectivity index (χ1v) is 6.13. The van der Waals surface area contributed by atoms with Gasteiger partial charge < -0.3 is 10.2 Å². The van der Waals surface area contributed by atoms with E-state index in [2.05, 4.69) is 36.0 Å². The third-order valence-corrected chi connectivity index (χ3v) is 2.53. The molecule has 0 saturated heterocycles. The first kappa shape index (κ1) is 13.9. The molecule has 0 aliphatic heterocycles. The standard InChI is InChI=1S/C13H22FN3/c1-5-6-17(4)13-11(8-15-10(2)3)7-12(14)9-16-13/h7,9-10,15H,5-6,8H2,1-4H3. The number of hydrogen-bond donors (Lipinski definition) is 1. The summed E-state index contributed by atoms with van der Waals surface area (Å²) >= 11 is 0. The normalized spacial score (nSPS) is 10.9. The van der Waals surface area contributed by atoms with E-state index in [-0.39, 0.29) is 5.82 Å². The van der Waals surface area contributed by atoms with Crippen LogP contribution in [0.3, 0.4) is 0 Å². The molecule has 0 spiro atoms. The second-order valence-corrected chi connectivity index (χ2v) is 4.59. The van der Waals surface area contributed by atoms with Crippen LogP contribution >= 0.6 is 0 Å². The first-order valence-electron chi connectivity index (χ1n) is 6.13. The maximum atomic E-state index is 13.2. The molecule has 0 aliphatic rings. The second-order valence-electron chi connectivity index (χ2n) is 4.59. The van der Waals surface area contributed by atoms with Crippen molar-refractivity contribution in [3.8, 4) is 0 Å². The number of nitrogens with one attached hydrogen (secondary N) is 1. The summed E-state index contributed by atoms with van der Waals surface area (Å²) in [6.45, 7) is 7.83. The van der Waals surface area contributed by atoms with Gasteiger partial charge in [-0.25, -0.2) is 9.37 Å². The molecule has 0 amide bonds. The van der Waals surface area contributed by atoms with Crippen molar-refractivity contribution in [1.82, 2.24) is 10.3 Å². The van der Waals surface area contributed by atoms with Gasteiger partial charge in [-0.15, -0.1) is 0 Å². The topological polar surface area (TPSA) is 28.2 Å². The molecule has 1 rings (SSSR count). The number of hydrogen-bond acceptors (Lipinski definition) is 3. The number of rotatable bonds is 6. The number of aromatic nitrogens is 1. The highest BCUT2D eigenvalue weighted by Gasteiger charge is 2.10. The Kier molecular flexibility index (Phi) is 5.35. The van der Waals surface area contributed by atoms with E-state index in [1.807, 2.05) is 7.05 Å². The van der Waals surface area contributed by atoms with Gasteiger partial charge >= 0.3 is 0 Å². The van der Waals surface area contributed by atoms with E-state index >= 15 is 0 Å². The third kappa shape index (κ3) is 4.30. The Morgan fingerprint density at radius 1 is 1.47 bits per heavy atom. The minimum atomic E-state index is -0.279. The molecule has 0 aliphatic carbocycles. The smallest absolute Gasteiger partial charge is 0.141 e. The molecule has 3 nitrogen and oxygen atoms in total. The maximum Gasteiger partial charge on any atom is 0.141 e. The minimum absolute atomic E-state index is 0.279. The van der Waals surface area contributed by atoms with Crippen LogP contribution in [0.15, 0.2) is 12.3 Å². The van der Waals surface area contributed by atoms with Crippen molar-refractivity contribution in [2.75, 3.05) is 18.5 Å². The van der Waals surface area contributed by atoms with Gasteiger partial charge in [0, 0.05) is 31.7 Å². The Labute approximate surface area is 103 Å². The van der Waals surface area contributed by atoms with Crippen molar-refractivity contribution in [3.05, 3.63) is 23.6 Å². The van der Waals surface area contributed by atoms with Gasteiger partial charge in [0.05, 0.1) is 6.20 Å². The Balaban J connectivity index is 2.87. The molecule has 1 aromatic rings. The molecule has 1 aromatic heterocycles. The van der Waals surface area contributed by atoms with Crippen LogP contribution in [0.5, 0.6) is 0 Å². The molecule has 0 saturated carbocycles. The zero-order valence-corrected chi connectivity index (χ0v) is 11.1. The number of pyridine rings is 1. The summed E-state index contributed by atoms with van der Waals surface area (Å²) in [4.78, 5) is 6.25. The van der Waals surface area contributed by atoms with Gasteiger partial charge in [0.25, 0.3) is 0 Å². The van der Waals surface area contributed by atoms with Gasteiger partial charge in [0.2, 0.25) is 0 Å². The van der Waals surface area contributed by atoms with Crippen LogP contribution in [0.2, 0.25) is 0 Å². The van der Waals surface area contributed by atoms with Gasteiger partial charge in [-0.1, -0.05) is 20.8 Å². The quantitative estimate of drug-likeness (QED) is 0.827. The monoisotopic (exact) mass is 239 g/mol. The predicted octanol–water partition coefficient (Wildman–Crippen LogP) is 2.56. The fourth-order valence-electron chi connectivity index (χ4n) is 1.70. The van der Waals surface area contributed by atoms with Crippen molar-refractivity contribution in [2.24, 2.45) is 0 Å². The SMILES string of the molecule is CCCN(C)c1ncc(F)cc1CNC(C)C. The van der Waals surface area contributed by atoms with Crippen molar-refractivity contribution in [2.45, 2.75) is 39.8 Å². The number of nitrogens with zero attached hydrogens (tertiary/aromatic N) is 2. The molecule has 0 fully saturated rings. The Bertz CT molecular complexity index is 353. The van der Waals surface area contributed by atoms with Gasteiger partial charge in [-0.3, -0.25) is 0 Å². The molecule has 0 bridgehead atoms. The molecule has 0 radical (unpaired) electrons. The molecule has 96 valence electrons. The first-order chi connectivity index (χ1) is 8.04. The lowest BCUT2D eigenvalue weighted by atomic mass is 10.2. The van der Waals surface area contributed by atoms with Crippen LogP contribution < -0.4 is 10.2 Å². The maximum absolute atomic E-state index is 13.2. The van der Waals surface area contributed by atoms with Crippen molar-refractivity contribution >= 4 is 5.82 Å². The fourth-order valence-corrected chi connectivity index (χ4v) is 1.70. The molecule has 0 atom stereocenters. The molecular formula is C13H22FN3. The number of halogens is 1. The predicted molar refractivity (Wildman–Crippen MR) is 69.7 cm³/mol. The van der Waals surface area contributed by atoms with Crippen molar-refractivity contribution in [1.29, 1.82) is 0 Å². The lowest BCUT2D eigenvalue weighted by Crippen LogP contribution is -2.26. The average molecular weight is 239 g/mol. The van der Waals surface area contributed by atoms with Gasteiger partial charge in [-0.05, 0) is 12.5 Å². The molecule has 1 heterocycles. The average Bonchev–Trinajstić information content (AvgIpc) is 2.26. The second kappa shape index (κ2) is 6.55. The van der Waals surface area contributed by atoms with Crippen LogP contribution in [0.25, 0.3) is 0 Å². The Hall–Kier alpha value is -1.16. The lowest BCUT2D eigenvalue weighted by molar-refractivity contribution is 0.577. The summed E-state index contributed by atoms with van der Waals surface area (Å²) in [7, 11) is 1.99. The van der Waals surface area contributed by atoms with E-state index in [0.29, 0.717) is 12.6 Å². The number of anilines is 1. The van der Waals surface area contributed by atoms with E-state index in [4.69, 9.17) is 0 Å². The van der Waals surface area contributed by atoms with Crippen molar-refractivity contribution in [3.63, 3.8) is 0 Å². The molecule has 0 unspecified atom stereocenters. The molecule has 0 aromatic carbocycles. The highest BCUT2D eigenvalue weighted by molar-refractivity contribution is 5.46. The van der Waals surface area contributed by atoms with E-state index in [0.717, 1.165) is 24.3 Å². The van der Waals surface area contributed by atoms with Crippen molar-refractivity contribution < 1.29 is 4.39 Å². The van der Waals surface area contributed by atoms with Crippen LogP contribution in [0.1, 0.15) is 32.8 Å². The lowest BCUT2D eigenvalue weighted by Gasteiger charge is -2.21. The summed E-state index contributed by atoms with van der Waals surface area (Å²) in [5.74, 6) is 0.584. The summed E-state index contributed by atoms with van der Waals surface area (Å²) in [6, 6.07) is 1.94. The third-order valence-electron chi connectivity index (χ3n) is 2.53. The molecule has 4 heteroatoms. The fraction of sp³-hybridized carbons (Fsp3) is 0.615. The van der Waals surface area contributed by atoms with E-state index in [1.54, 1.807) is 6.07 Å². The van der Waals surface area contributed by atoms with E-state index in [9.17, 15) is 4.39 Å². The summed E-state index contributed by atoms with van der Waals surface area (Å²) in [5, 5.41) is 3.29. The van der Waals surface area contributed by atoms with Gasteiger partial charge in [-0.2, -0.15) is 0 Å². The van der Waals surface area contributed by atoms with E-state index in [1.165, 1.54) is 6.20 Å². The zero-order valence-electron chi connectivity index (χ0n) is 11.1. The molecular weight excluding hydrogens is 217 g/mol. The summed E-state index contributed by atoms with van der Waals surface area (Å²) in [6.07, 6.45) is 2.33. The Morgan fingerprint density at radius 2 is 2.18 bits per heavy atom. The van der Waals surface area contributed by atoms with Crippen LogP contribution in [0.4, 0.5) is 10.2 Å². The zero-order chi connectivity index (χ0) is 12.8. The summed E-state index contributed by atoms with van der Waals surface area (Å²) < 4.78 is 13.2. The largest absolute Gasteiger partial charge is 0.359 e. The molecule has 17 heavy (non-hydrogen) atoms.